The van der Waals surface area contributed by atoms with Crippen LogP contribution in [-0.4, -0.2) is 48.6 Å². The Kier molecular flexibility index (Phi) is 3.85. The first-order valence-corrected chi connectivity index (χ1v) is 7.00. The maximum absolute atomic E-state index is 12.2. The van der Waals surface area contributed by atoms with E-state index in [0.29, 0.717) is 18.4 Å². The van der Waals surface area contributed by atoms with Crippen LogP contribution < -0.4 is 5.32 Å². The standard InChI is InChI=1S/C14H24N2O3/c1-9(2)16-7-11-5-12(8-16)14(6-11,13(18)19-4)15-10(3)17/h9,11-12H,5-8H2,1-4H3,(H,15,17)/t11-,12-,14-/m0/s1. The quantitative estimate of drug-likeness (QED) is 0.769. The third-order valence-electron chi connectivity index (χ3n) is 4.55. The predicted molar refractivity (Wildman–Crippen MR) is 71.5 cm³/mol. The summed E-state index contributed by atoms with van der Waals surface area (Å²) in [5.74, 6) is 0.173. The molecule has 108 valence electrons. The summed E-state index contributed by atoms with van der Waals surface area (Å²) in [4.78, 5) is 26.1. The van der Waals surface area contributed by atoms with Crippen molar-refractivity contribution >= 4 is 11.9 Å². The van der Waals surface area contributed by atoms with E-state index >= 15 is 0 Å². The van der Waals surface area contributed by atoms with E-state index in [-0.39, 0.29) is 17.8 Å². The SMILES string of the molecule is COC(=O)[C@]1(NC(C)=O)C[C@@H]2C[C@H]1CN(C(C)C)C2. The van der Waals surface area contributed by atoms with Gasteiger partial charge in [-0.25, -0.2) is 4.79 Å². The maximum Gasteiger partial charge on any atom is 0.331 e. The number of likely N-dealkylation sites (tertiary alicyclic amines) is 1. The molecule has 0 aromatic heterocycles. The van der Waals surface area contributed by atoms with Crippen LogP contribution in [0.3, 0.4) is 0 Å². The molecule has 0 aromatic carbocycles. The molecule has 2 aliphatic rings. The highest BCUT2D eigenvalue weighted by atomic mass is 16.5. The second kappa shape index (κ2) is 5.12. The number of fused-ring (bicyclic) bond motifs is 2. The molecule has 0 spiro atoms. The van der Waals surface area contributed by atoms with Gasteiger partial charge in [-0.1, -0.05) is 0 Å². The van der Waals surface area contributed by atoms with Gasteiger partial charge in [0.15, 0.2) is 0 Å². The Morgan fingerprint density at radius 1 is 1.37 bits per heavy atom. The van der Waals surface area contributed by atoms with Gasteiger partial charge in [-0.05, 0) is 32.6 Å². The molecule has 2 bridgehead atoms. The van der Waals surface area contributed by atoms with E-state index in [1.54, 1.807) is 0 Å². The molecule has 19 heavy (non-hydrogen) atoms. The summed E-state index contributed by atoms with van der Waals surface area (Å²) in [7, 11) is 1.40. The lowest BCUT2D eigenvalue weighted by atomic mass is 9.86. The number of piperidine rings is 1. The average Bonchev–Trinajstić information content (AvgIpc) is 2.59. The van der Waals surface area contributed by atoms with Gasteiger partial charge in [-0.3, -0.25) is 4.79 Å². The summed E-state index contributed by atoms with van der Waals surface area (Å²) >= 11 is 0. The first-order valence-electron chi connectivity index (χ1n) is 7.00. The number of rotatable bonds is 3. The lowest BCUT2D eigenvalue weighted by Gasteiger charge is -2.38. The summed E-state index contributed by atoms with van der Waals surface area (Å²) < 4.78 is 4.97. The fourth-order valence-corrected chi connectivity index (χ4v) is 3.74. The minimum absolute atomic E-state index is 0.157. The molecule has 0 unspecified atom stereocenters. The zero-order valence-corrected chi connectivity index (χ0v) is 12.2. The Balaban J connectivity index is 2.26. The number of carbonyl (C=O) groups is 2. The molecule has 2 fully saturated rings. The fraction of sp³-hybridized carbons (Fsp3) is 0.857. The van der Waals surface area contributed by atoms with Crippen molar-refractivity contribution in [2.24, 2.45) is 11.8 Å². The van der Waals surface area contributed by atoms with Crippen molar-refractivity contribution in [3.63, 3.8) is 0 Å². The van der Waals surface area contributed by atoms with E-state index in [1.807, 2.05) is 0 Å². The molecular weight excluding hydrogens is 244 g/mol. The Hall–Kier alpha value is -1.10. The van der Waals surface area contributed by atoms with E-state index < -0.39 is 5.54 Å². The number of nitrogens with one attached hydrogen (secondary N) is 1. The Labute approximate surface area is 114 Å². The molecule has 3 atom stereocenters. The van der Waals surface area contributed by atoms with Crippen molar-refractivity contribution in [3.05, 3.63) is 0 Å². The van der Waals surface area contributed by atoms with Crippen molar-refractivity contribution in [2.75, 3.05) is 20.2 Å². The topological polar surface area (TPSA) is 58.6 Å². The minimum Gasteiger partial charge on any atom is -0.467 e. The molecule has 5 heteroatoms. The van der Waals surface area contributed by atoms with Crippen molar-refractivity contribution in [2.45, 2.75) is 45.2 Å². The van der Waals surface area contributed by atoms with Gasteiger partial charge in [0.25, 0.3) is 0 Å². The van der Waals surface area contributed by atoms with Crippen molar-refractivity contribution in [1.29, 1.82) is 0 Å². The maximum atomic E-state index is 12.2. The number of ether oxygens (including phenoxy) is 1. The fourth-order valence-electron chi connectivity index (χ4n) is 3.74. The molecule has 0 radical (unpaired) electrons. The van der Waals surface area contributed by atoms with Crippen LogP contribution in [0, 0.1) is 11.8 Å². The first kappa shape index (κ1) is 14.3. The Bertz CT molecular complexity index is 383. The van der Waals surface area contributed by atoms with Crippen LogP contribution in [-0.2, 0) is 14.3 Å². The summed E-state index contributed by atoms with van der Waals surface area (Å²) in [5.41, 5.74) is -0.811. The number of hydrogen-bond donors (Lipinski definition) is 1. The van der Waals surface area contributed by atoms with Crippen molar-refractivity contribution in [3.8, 4) is 0 Å². The van der Waals surface area contributed by atoms with Crippen LogP contribution in [0.4, 0.5) is 0 Å². The number of amides is 1. The highest BCUT2D eigenvalue weighted by Crippen LogP contribution is 2.45. The third kappa shape index (κ3) is 2.48. The highest BCUT2D eigenvalue weighted by Gasteiger charge is 2.56. The molecule has 1 saturated heterocycles. The number of nitrogens with zero attached hydrogens (tertiary/aromatic N) is 1. The van der Waals surface area contributed by atoms with Crippen LogP contribution in [0.25, 0.3) is 0 Å². The third-order valence-corrected chi connectivity index (χ3v) is 4.55. The predicted octanol–water partition coefficient (Wildman–Crippen LogP) is 0.785. The Morgan fingerprint density at radius 3 is 2.58 bits per heavy atom. The molecule has 1 N–H and O–H groups in total. The van der Waals surface area contributed by atoms with Gasteiger partial charge in [0.05, 0.1) is 7.11 Å². The second-order valence-corrected chi connectivity index (χ2v) is 6.19. The molecule has 2 rings (SSSR count). The average molecular weight is 268 g/mol. The van der Waals surface area contributed by atoms with E-state index in [1.165, 1.54) is 14.0 Å². The van der Waals surface area contributed by atoms with Gasteiger partial charge in [-0.2, -0.15) is 0 Å². The smallest absolute Gasteiger partial charge is 0.331 e. The lowest BCUT2D eigenvalue weighted by Crippen LogP contribution is -2.58. The summed E-state index contributed by atoms with van der Waals surface area (Å²) in [6.45, 7) is 7.66. The zero-order chi connectivity index (χ0) is 14.2. The van der Waals surface area contributed by atoms with Gasteiger partial charge in [0.2, 0.25) is 5.91 Å². The van der Waals surface area contributed by atoms with Gasteiger partial charge in [-0.15, -0.1) is 0 Å². The molecule has 1 aliphatic carbocycles. The van der Waals surface area contributed by atoms with E-state index in [4.69, 9.17) is 4.74 Å². The molecular formula is C14H24N2O3. The van der Waals surface area contributed by atoms with Crippen molar-refractivity contribution in [1.82, 2.24) is 10.2 Å². The van der Waals surface area contributed by atoms with Gasteiger partial charge in [0.1, 0.15) is 5.54 Å². The number of hydrogen-bond acceptors (Lipinski definition) is 4. The van der Waals surface area contributed by atoms with E-state index in [0.717, 1.165) is 19.5 Å². The van der Waals surface area contributed by atoms with Crippen LogP contribution in [0.1, 0.15) is 33.6 Å². The van der Waals surface area contributed by atoms with Crippen molar-refractivity contribution < 1.29 is 14.3 Å². The van der Waals surface area contributed by atoms with Crippen LogP contribution in [0.15, 0.2) is 0 Å². The molecule has 5 nitrogen and oxygen atoms in total. The zero-order valence-electron chi connectivity index (χ0n) is 12.2. The largest absolute Gasteiger partial charge is 0.467 e. The van der Waals surface area contributed by atoms with Crippen LogP contribution >= 0.6 is 0 Å². The molecule has 1 heterocycles. The molecule has 1 amide bonds. The summed E-state index contributed by atoms with van der Waals surface area (Å²) in [6.07, 6.45) is 1.70. The summed E-state index contributed by atoms with van der Waals surface area (Å²) in [5, 5.41) is 2.90. The highest BCUT2D eigenvalue weighted by molar-refractivity contribution is 5.88. The normalized spacial score (nSPS) is 34.4. The number of methoxy groups -OCH3 is 1. The van der Waals surface area contributed by atoms with E-state index in [9.17, 15) is 9.59 Å². The molecule has 1 aliphatic heterocycles. The van der Waals surface area contributed by atoms with E-state index in [2.05, 4.69) is 24.1 Å². The van der Waals surface area contributed by atoms with Gasteiger partial charge < -0.3 is 15.0 Å². The lowest BCUT2D eigenvalue weighted by molar-refractivity contribution is -0.152. The number of carbonyl (C=O) groups excluding carboxylic acids is 2. The molecule has 1 saturated carbocycles. The monoisotopic (exact) mass is 268 g/mol. The van der Waals surface area contributed by atoms with Gasteiger partial charge >= 0.3 is 5.97 Å². The second-order valence-electron chi connectivity index (χ2n) is 6.19. The minimum atomic E-state index is -0.811. The summed E-state index contributed by atoms with van der Waals surface area (Å²) in [6, 6.07) is 0.469. The first-order chi connectivity index (χ1) is 8.89. The van der Waals surface area contributed by atoms with Crippen LogP contribution in [0.5, 0.6) is 0 Å². The Morgan fingerprint density at radius 2 is 2.05 bits per heavy atom. The van der Waals surface area contributed by atoms with Crippen LogP contribution in [0.2, 0.25) is 0 Å². The number of esters is 1. The molecule has 0 aromatic rings. The van der Waals surface area contributed by atoms with Gasteiger partial charge in [0, 0.05) is 32.0 Å².